The molecule has 0 fully saturated rings. The van der Waals surface area contributed by atoms with Gasteiger partial charge in [0.05, 0.1) is 12.6 Å². The Morgan fingerprint density at radius 2 is 1.79 bits per heavy atom. The molecule has 0 saturated carbocycles. The fourth-order valence-electron chi connectivity index (χ4n) is 4.05. The lowest BCUT2D eigenvalue weighted by Crippen LogP contribution is -2.43. The second-order valence-electron chi connectivity index (χ2n) is 8.49. The maximum Gasteiger partial charge on any atom is 0.330 e. The topological polar surface area (TPSA) is 113 Å². The normalized spacial score (nSPS) is 11.7. The molecular weight excluding hydrogens is 430 g/mol. The summed E-state index contributed by atoms with van der Waals surface area (Å²) in [6, 6.07) is 17.2. The molecule has 34 heavy (non-hydrogen) atoms. The molecule has 3 rings (SSSR count). The zero-order valence-electron chi connectivity index (χ0n) is 20.0. The molecule has 4 N–H and O–H groups in total. The van der Waals surface area contributed by atoms with Crippen molar-refractivity contribution in [3.05, 3.63) is 92.1 Å². The van der Waals surface area contributed by atoms with Gasteiger partial charge < -0.3 is 16.0 Å². The van der Waals surface area contributed by atoms with E-state index in [9.17, 15) is 14.4 Å². The lowest BCUT2D eigenvalue weighted by Gasteiger charge is -2.27. The van der Waals surface area contributed by atoms with Gasteiger partial charge in [0.25, 0.3) is 5.56 Å². The van der Waals surface area contributed by atoms with Crippen LogP contribution in [0.5, 0.6) is 0 Å². The number of H-pyrrole nitrogens is 1. The van der Waals surface area contributed by atoms with Crippen molar-refractivity contribution < 1.29 is 4.79 Å². The molecule has 0 radical (unpaired) electrons. The van der Waals surface area contributed by atoms with E-state index in [-0.39, 0.29) is 36.5 Å². The van der Waals surface area contributed by atoms with E-state index in [1.54, 1.807) is 4.90 Å². The summed E-state index contributed by atoms with van der Waals surface area (Å²) in [6.45, 7) is 6.51. The summed E-state index contributed by atoms with van der Waals surface area (Å²) in [6.07, 6.45) is 1.61. The molecule has 8 heteroatoms. The van der Waals surface area contributed by atoms with Crippen LogP contribution < -0.4 is 27.2 Å². The molecule has 180 valence electrons. The highest BCUT2D eigenvalue weighted by Crippen LogP contribution is 2.21. The molecule has 0 aliphatic rings. The van der Waals surface area contributed by atoms with Crippen LogP contribution in [0, 0.1) is 6.92 Å². The zero-order chi connectivity index (χ0) is 24.7. The van der Waals surface area contributed by atoms with Crippen LogP contribution in [-0.2, 0) is 17.9 Å². The van der Waals surface area contributed by atoms with Gasteiger partial charge in [-0.2, -0.15) is 0 Å². The molecule has 1 unspecified atom stereocenters. The van der Waals surface area contributed by atoms with Crippen LogP contribution in [-0.4, -0.2) is 22.0 Å². The van der Waals surface area contributed by atoms with Gasteiger partial charge in [0.15, 0.2) is 0 Å². The lowest BCUT2D eigenvalue weighted by molar-refractivity contribution is -0.120. The highest BCUT2D eigenvalue weighted by atomic mass is 16.2. The van der Waals surface area contributed by atoms with E-state index in [0.29, 0.717) is 6.54 Å². The van der Waals surface area contributed by atoms with Crippen molar-refractivity contribution in [2.24, 2.45) is 0 Å². The van der Waals surface area contributed by atoms with Gasteiger partial charge in [0.2, 0.25) is 5.91 Å². The maximum atomic E-state index is 13.1. The van der Waals surface area contributed by atoms with Crippen LogP contribution in [0.25, 0.3) is 0 Å². The van der Waals surface area contributed by atoms with Crippen molar-refractivity contribution in [1.29, 1.82) is 0 Å². The molecule has 0 spiro atoms. The number of aromatic nitrogens is 2. The van der Waals surface area contributed by atoms with E-state index in [2.05, 4.69) is 10.3 Å². The van der Waals surface area contributed by atoms with Crippen molar-refractivity contribution in [1.82, 2.24) is 14.9 Å². The molecule has 8 nitrogen and oxygen atoms in total. The van der Waals surface area contributed by atoms with Crippen LogP contribution in [0.15, 0.2) is 64.2 Å². The SMILES string of the molecule is CCCCn1c(N)c(N(CC(=O)NC(C)c2ccccc2C)Cc2ccccc2)c(=O)[nH]c1=O. The van der Waals surface area contributed by atoms with Crippen LogP contribution in [0.2, 0.25) is 0 Å². The smallest absolute Gasteiger partial charge is 0.330 e. The first kappa shape index (κ1) is 24.8. The summed E-state index contributed by atoms with van der Waals surface area (Å²) < 4.78 is 1.37. The van der Waals surface area contributed by atoms with Gasteiger partial charge in [-0.15, -0.1) is 0 Å². The van der Waals surface area contributed by atoms with E-state index in [1.165, 1.54) is 4.57 Å². The summed E-state index contributed by atoms with van der Waals surface area (Å²) in [4.78, 5) is 42.3. The Labute approximate surface area is 199 Å². The minimum Gasteiger partial charge on any atom is -0.383 e. The fourth-order valence-corrected chi connectivity index (χ4v) is 4.05. The Hall–Kier alpha value is -3.81. The number of carbonyl (C=O) groups is 1. The molecule has 1 aromatic heterocycles. The predicted octanol–water partition coefficient (Wildman–Crippen LogP) is 3.11. The Morgan fingerprint density at radius 1 is 1.12 bits per heavy atom. The minimum atomic E-state index is -0.606. The van der Waals surface area contributed by atoms with Crippen molar-refractivity contribution in [2.45, 2.75) is 52.7 Å². The second kappa shape index (κ2) is 11.4. The summed E-state index contributed by atoms with van der Waals surface area (Å²) >= 11 is 0. The molecule has 0 saturated heterocycles. The van der Waals surface area contributed by atoms with Crippen molar-refractivity contribution in [3.63, 3.8) is 0 Å². The number of benzene rings is 2. The largest absolute Gasteiger partial charge is 0.383 e. The molecule has 1 heterocycles. The van der Waals surface area contributed by atoms with Gasteiger partial charge in [-0.05, 0) is 37.0 Å². The predicted molar refractivity (Wildman–Crippen MR) is 136 cm³/mol. The number of rotatable bonds is 10. The monoisotopic (exact) mass is 463 g/mol. The van der Waals surface area contributed by atoms with Crippen molar-refractivity contribution in [3.8, 4) is 0 Å². The molecule has 1 amide bonds. The number of anilines is 2. The van der Waals surface area contributed by atoms with Gasteiger partial charge in [-0.25, -0.2) is 4.79 Å². The number of hydrogen-bond acceptors (Lipinski definition) is 5. The number of nitrogen functional groups attached to an aromatic ring is 1. The molecular formula is C26H33N5O3. The lowest BCUT2D eigenvalue weighted by atomic mass is 10.0. The Bertz CT molecular complexity index is 1230. The average molecular weight is 464 g/mol. The van der Waals surface area contributed by atoms with Gasteiger partial charge in [0.1, 0.15) is 11.5 Å². The Kier molecular flexibility index (Phi) is 8.29. The summed E-state index contributed by atoms with van der Waals surface area (Å²) in [5, 5.41) is 3.02. The summed E-state index contributed by atoms with van der Waals surface area (Å²) in [5.74, 6) is -0.185. The van der Waals surface area contributed by atoms with Gasteiger partial charge in [-0.3, -0.25) is 19.1 Å². The highest BCUT2D eigenvalue weighted by Gasteiger charge is 2.22. The number of carbonyl (C=O) groups excluding carboxylic acids is 1. The average Bonchev–Trinajstić information content (AvgIpc) is 2.79. The molecule has 2 aromatic carbocycles. The quantitative estimate of drug-likeness (QED) is 0.428. The first-order chi connectivity index (χ1) is 16.3. The number of amides is 1. The van der Waals surface area contributed by atoms with E-state index in [1.807, 2.05) is 75.4 Å². The zero-order valence-corrected chi connectivity index (χ0v) is 20.0. The first-order valence-corrected chi connectivity index (χ1v) is 11.6. The van der Waals surface area contributed by atoms with Crippen LogP contribution >= 0.6 is 0 Å². The molecule has 0 aliphatic carbocycles. The number of nitrogens with zero attached hydrogens (tertiary/aromatic N) is 2. The Balaban J connectivity index is 1.93. The molecule has 1 atom stereocenters. The van der Waals surface area contributed by atoms with E-state index < -0.39 is 11.2 Å². The highest BCUT2D eigenvalue weighted by molar-refractivity contribution is 5.83. The summed E-state index contributed by atoms with van der Waals surface area (Å²) in [7, 11) is 0. The van der Waals surface area contributed by atoms with E-state index in [4.69, 9.17) is 5.73 Å². The molecule has 0 bridgehead atoms. The van der Waals surface area contributed by atoms with Gasteiger partial charge >= 0.3 is 5.69 Å². The maximum absolute atomic E-state index is 13.1. The standard InChI is InChI=1S/C26H33N5O3/c1-4-5-15-31-24(27)23(25(33)29-26(31)34)30(16-20-12-7-6-8-13-20)17-22(32)28-19(3)21-14-10-9-11-18(21)2/h6-14,19H,4-5,15-17,27H2,1-3H3,(H,28,32)(H,29,33,34). The van der Waals surface area contributed by atoms with Gasteiger partial charge in [0, 0.05) is 13.1 Å². The van der Waals surface area contributed by atoms with Crippen LogP contribution in [0.3, 0.4) is 0 Å². The summed E-state index contributed by atoms with van der Waals surface area (Å²) in [5.41, 5.74) is 8.33. The fraction of sp³-hybridized carbons (Fsp3) is 0.346. The Morgan fingerprint density at radius 3 is 2.47 bits per heavy atom. The van der Waals surface area contributed by atoms with Gasteiger partial charge in [-0.1, -0.05) is 67.9 Å². The number of nitrogens with one attached hydrogen (secondary N) is 2. The number of nitrogens with two attached hydrogens (primary N) is 1. The molecule has 3 aromatic rings. The molecule has 0 aliphatic heterocycles. The van der Waals surface area contributed by atoms with Crippen molar-refractivity contribution >= 4 is 17.4 Å². The minimum absolute atomic E-state index is 0.0675. The number of aryl methyl sites for hydroxylation is 1. The second-order valence-corrected chi connectivity index (χ2v) is 8.49. The third-order valence-electron chi connectivity index (χ3n) is 5.85. The van der Waals surface area contributed by atoms with E-state index in [0.717, 1.165) is 29.5 Å². The van der Waals surface area contributed by atoms with Crippen LogP contribution in [0.4, 0.5) is 11.5 Å². The first-order valence-electron chi connectivity index (χ1n) is 11.6. The number of aromatic amines is 1. The van der Waals surface area contributed by atoms with E-state index >= 15 is 0 Å². The van der Waals surface area contributed by atoms with Crippen molar-refractivity contribution in [2.75, 3.05) is 17.2 Å². The van der Waals surface area contributed by atoms with Crippen LogP contribution in [0.1, 0.15) is 49.4 Å². The third kappa shape index (κ3) is 5.95. The third-order valence-corrected chi connectivity index (χ3v) is 5.85. The number of hydrogen-bond donors (Lipinski definition) is 3. The number of unbranched alkanes of at least 4 members (excludes halogenated alkanes) is 1.